The molecule has 1 aliphatic rings. The highest BCUT2D eigenvalue weighted by atomic mass is 16.2. The fourth-order valence-electron chi connectivity index (χ4n) is 1.18. The average Bonchev–Trinajstić information content (AvgIpc) is 2.28. The molecule has 0 aliphatic carbocycles. The van der Waals surface area contributed by atoms with Gasteiger partial charge < -0.3 is 0 Å². The molecule has 13 heavy (non-hydrogen) atoms. The zero-order valence-electron chi connectivity index (χ0n) is 8.50. The second kappa shape index (κ2) is 2.98. The smallest absolute Gasteiger partial charge is 0.253 e. The van der Waals surface area contributed by atoms with Crippen molar-refractivity contribution in [2.75, 3.05) is 0 Å². The van der Waals surface area contributed by atoms with Gasteiger partial charge in [0.2, 0.25) is 0 Å². The Kier molecular flexibility index (Phi) is 2.28. The molecule has 0 aromatic heterocycles. The van der Waals surface area contributed by atoms with E-state index in [4.69, 9.17) is 0 Å². The lowest BCUT2D eigenvalue weighted by atomic mass is 9.87. The Balaban J connectivity index is 2.85. The van der Waals surface area contributed by atoms with Gasteiger partial charge in [-0.05, 0) is 12.3 Å². The highest BCUT2D eigenvalue weighted by Crippen LogP contribution is 2.25. The van der Waals surface area contributed by atoms with Crippen LogP contribution in [0.2, 0.25) is 0 Å². The van der Waals surface area contributed by atoms with Crippen molar-refractivity contribution < 1.29 is 9.59 Å². The maximum absolute atomic E-state index is 11.3. The molecule has 2 amide bonds. The normalized spacial score (nSPS) is 19.8. The van der Waals surface area contributed by atoms with E-state index in [2.05, 4.69) is 0 Å². The summed E-state index contributed by atoms with van der Waals surface area (Å²) in [6.45, 7) is 7.92. The quantitative estimate of drug-likeness (QED) is 0.572. The van der Waals surface area contributed by atoms with E-state index in [0.717, 1.165) is 0 Å². The number of nitrogens with zero attached hydrogens (tertiary/aromatic N) is 1. The highest BCUT2D eigenvalue weighted by Gasteiger charge is 2.34. The van der Waals surface area contributed by atoms with Crippen LogP contribution in [-0.4, -0.2) is 22.8 Å². The van der Waals surface area contributed by atoms with Crippen LogP contribution in [0, 0.1) is 5.41 Å². The number of carbonyl (C=O) groups excluding carboxylic acids is 2. The van der Waals surface area contributed by atoms with E-state index in [1.54, 1.807) is 0 Å². The van der Waals surface area contributed by atoms with E-state index in [0.29, 0.717) is 0 Å². The van der Waals surface area contributed by atoms with Crippen LogP contribution < -0.4 is 0 Å². The molecule has 1 unspecified atom stereocenters. The minimum atomic E-state index is -0.201. The van der Waals surface area contributed by atoms with Crippen molar-refractivity contribution in [3.63, 3.8) is 0 Å². The van der Waals surface area contributed by atoms with Crippen molar-refractivity contribution in [1.82, 2.24) is 4.90 Å². The molecular weight excluding hydrogens is 166 g/mol. The minimum absolute atomic E-state index is 0.0671. The van der Waals surface area contributed by atoms with Crippen LogP contribution in [0.5, 0.6) is 0 Å². The van der Waals surface area contributed by atoms with E-state index in [9.17, 15) is 9.59 Å². The summed E-state index contributed by atoms with van der Waals surface area (Å²) >= 11 is 0. The molecule has 0 saturated carbocycles. The van der Waals surface area contributed by atoms with E-state index in [1.807, 2.05) is 27.7 Å². The summed E-state index contributed by atoms with van der Waals surface area (Å²) in [6, 6.07) is -0.0671. The molecule has 0 N–H and O–H groups in total. The third-order valence-corrected chi connectivity index (χ3v) is 2.48. The molecule has 0 bridgehead atoms. The van der Waals surface area contributed by atoms with Gasteiger partial charge in [-0.25, -0.2) is 0 Å². The highest BCUT2D eigenvalue weighted by molar-refractivity contribution is 6.13. The first-order valence-corrected chi connectivity index (χ1v) is 4.39. The maximum Gasteiger partial charge on any atom is 0.253 e. The van der Waals surface area contributed by atoms with Crippen LogP contribution >= 0.6 is 0 Å². The van der Waals surface area contributed by atoms with E-state index >= 15 is 0 Å². The predicted molar refractivity (Wildman–Crippen MR) is 49.9 cm³/mol. The van der Waals surface area contributed by atoms with Crippen molar-refractivity contribution in [3.05, 3.63) is 12.2 Å². The van der Waals surface area contributed by atoms with Gasteiger partial charge >= 0.3 is 0 Å². The number of imide groups is 1. The van der Waals surface area contributed by atoms with Crippen LogP contribution in [0.1, 0.15) is 27.7 Å². The second-order valence-corrected chi connectivity index (χ2v) is 4.42. The van der Waals surface area contributed by atoms with E-state index in [1.165, 1.54) is 17.1 Å². The van der Waals surface area contributed by atoms with Crippen LogP contribution in [0.4, 0.5) is 0 Å². The van der Waals surface area contributed by atoms with Crippen molar-refractivity contribution in [2.45, 2.75) is 33.7 Å². The third-order valence-electron chi connectivity index (χ3n) is 2.48. The first-order valence-electron chi connectivity index (χ1n) is 4.39. The Labute approximate surface area is 78.4 Å². The molecule has 0 aromatic carbocycles. The number of rotatable bonds is 1. The summed E-state index contributed by atoms with van der Waals surface area (Å²) in [4.78, 5) is 23.9. The van der Waals surface area contributed by atoms with Gasteiger partial charge in [-0.1, -0.05) is 20.8 Å². The Morgan fingerprint density at radius 1 is 1.15 bits per heavy atom. The first-order chi connectivity index (χ1) is 5.84. The van der Waals surface area contributed by atoms with Gasteiger partial charge in [0.25, 0.3) is 11.8 Å². The van der Waals surface area contributed by atoms with E-state index < -0.39 is 0 Å². The molecule has 72 valence electrons. The maximum atomic E-state index is 11.3. The zero-order chi connectivity index (χ0) is 10.2. The van der Waals surface area contributed by atoms with Gasteiger partial charge in [-0.3, -0.25) is 14.5 Å². The lowest BCUT2D eigenvalue weighted by molar-refractivity contribution is -0.141. The van der Waals surface area contributed by atoms with Crippen molar-refractivity contribution in [2.24, 2.45) is 5.41 Å². The van der Waals surface area contributed by atoms with Crippen molar-refractivity contribution >= 4 is 11.8 Å². The Hall–Kier alpha value is -1.12. The second-order valence-electron chi connectivity index (χ2n) is 4.42. The monoisotopic (exact) mass is 181 g/mol. The fourth-order valence-corrected chi connectivity index (χ4v) is 1.18. The molecule has 0 spiro atoms. The SMILES string of the molecule is CC(N1C(=O)C=CC1=O)C(C)(C)C. The number of hydrogen-bond donors (Lipinski definition) is 0. The average molecular weight is 181 g/mol. The topological polar surface area (TPSA) is 37.4 Å². The van der Waals surface area contributed by atoms with Crippen molar-refractivity contribution in [1.29, 1.82) is 0 Å². The summed E-state index contributed by atoms with van der Waals surface area (Å²) < 4.78 is 0. The summed E-state index contributed by atoms with van der Waals surface area (Å²) in [5, 5.41) is 0. The van der Waals surface area contributed by atoms with Gasteiger partial charge in [-0.15, -0.1) is 0 Å². The predicted octanol–water partition coefficient (Wildman–Crippen LogP) is 1.35. The van der Waals surface area contributed by atoms with Crippen LogP contribution in [0.25, 0.3) is 0 Å². The first kappa shape index (κ1) is 9.96. The number of hydrogen-bond acceptors (Lipinski definition) is 2. The van der Waals surface area contributed by atoms with Crippen molar-refractivity contribution in [3.8, 4) is 0 Å². The van der Waals surface area contributed by atoms with Gasteiger partial charge in [-0.2, -0.15) is 0 Å². The summed E-state index contributed by atoms with van der Waals surface area (Å²) in [5.74, 6) is -0.403. The lowest BCUT2D eigenvalue weighted by Crippen LogP contribution is -2.45. The van der Waals surface area contributed by atoms with Gasteiger partial charge in [0.05, 0.1) is 0 Å². The molecule has 1 atom stereocenters. The number of carbonyl (C=O) groups is 2. The summed E-state index contributed by atoms with van der Waals surface area (Å²) in [6.07, 6.45) is 2.65. The molecule has 3 nitrogen and oxygen atoms in total. The van der Waals surface area contributed by atoms with Gasteiger partial charge in [0, 0.05) is 18.2 Å². The van der Waals surface area contributed by atoms with Crippen LogP contribution in [0.15, 0.2) is 12.2 Å². The van der Waals surface area contributed by atoms with Crippen LogP contribution in [0.3, 0.4) is 0 Å². The molecule has 0 saturated heterocycles. The minimum Gasteiger partial charge on any atom is -0.272 e. The lowest BCUT2D eigenvalue weighted by Gasteiger charge is -2.33. The van der Waals surface area contributed by atoms with Crippen LogP contribution in [-0.2, 0) is 9.59 Å². The Morgan fingerprint density at radius 3 is 1.85 bits per heavy atom. The Bertz CT molecular complexity index is 255. The molecule has 0 radical (unpaired) electrons. The molecule has 1 heterocycles. The molecule has 1 aliphatic heterocycles. The Morgan fingerprint density at radius 2 is 1.54 bits per heavy atom. The molecule has 0 fully saturated rings. The third kappa shape index (κ3) is 1.79. The molecule has 1 rings (SSSR count). The number of amides is 2. The van der Waals surface area contributed by atoms with Gasteiger partial charge in [0.15, 0.2) is 0 Å². The largest absolute Gasteiger partial charge is 0.272 e. The summed E-state index contributed by atoms with van der Waals surface area (Å²) in [7, 11) is 0. The van der Waals surface area contributed by atoms with E-state index in [-0.39, 0.29) is 23.3 Å². The fraction of sp³-hybridized carbons (Fsp3) is 0.600. The zero-order valence-corrected chi connectivity index (χ0v) is 8.50. The summed E-state index contributed by atoms with van der Waals surface area (Å²) in [5.41, 5.74) is -0.0721. The molecule has 0 aromatic rings. The molecule has 3 heteroatoms. The van der Waals surface area contributed by atoms with Gasteiger partial charge in [0.1, 0.15) is 0 Å². The standard InChI is InChI=1S/C10H15NO2/c1-7(10(2,3)4)11-8(12)5-6-9(11)13/h5-7H,1-4H3. The molecular formula is C10H15NO2.